The zero-order valence-corrected chi connectivity index (χ0v) is 9.96. The van der Waals surface area contributed by atoms with Crippen molar-refractivity contribution in [2.45, 2.75) is 39.2 Å². The van der Waals surface area contributed by atoms with E-state index in [0.717, 1.165) is 12.5 Å². The minimum atomic E-state index is 0.393. The van der Waals surface area contributed by atoms with Crippen molar-refractivity contribution in [2.24, 2.45) is 5.41 Å². The van der Waals surface area contributed by atoms with Gasteiger partial charge in [-0.15, -0.1) is 0 Å². The van der Waals surface area contributed by atoms with E-state index in [4.69, 9.17) is 0 Å². The van der Waals surface area contributed by atoms with E-state index >= 15 is 0 Å². The van der Waals surface area contributed by atoms with Gasteiger partial charge in [0.25, 0.3) is 0 Å². The fraction of sp³-hybridized carbons (Fsp3) is 0.571. The summed E-state index contributed by atoms with van der Waals surface area (Å²) in [6.45, 7) is 7.95. The molecule has 0 radical (unpaired) electrons. The first kappa shape index (κ1) is 10.7. The van der Waals surface area contributed by atoms with E-state index in [1.807, 2.05) is 0 Å². The first-order chi connectivity index (χ1) is 7.06. The number of hydrogen-bond donors (Lipinski definition) is 1. The Kier molecular flexibility index (Phi) is 2.83. The summed E-state index contributed by atoms with van der Waals surface area (Å²) in [5.74, 6) is 0.758. The van der Waals surface area contributed by atoms with Crippen molar-refractivity contribution in [2.75, 3.05) is 6.54 Å². The van der Waals surface area contributed by atoms with Crippen molar-refractivity contribution in [1.29, 1.82) is 0 Å². The maximum atomic E-state index is 3.65. The highest BCUT2D eigenvalue weighted by Gasteiger charge is 2.38. The maximum Gasteiger partial charge on any atom is 0.0143 e. The van der Waals surface area contributed by atoms with Gasteiger partial charge in [-0.05, 0) is 17.4 Å². The molecule has 15 heavy (non-hydrogen) atoms. The largest absolute Gasteiger partial charge is 0.313 e. The van der Waals surface area contributed by atoms with Gasteiger partial charge in [-0.1, -0.05) is 51.1 Å². The molecule has 1 saturated carbocycles. The Labute approximate surface area is 92.9 Å². The fourth-order valence-electron chi connectivity index (χ4n) is 1.93. The van der Waals surface area contributed by atoms with Gasteiger partial charge in [-0.25, -0.2) is 0 Å². The van der Waals surface area contributed by atoms with Gasteiger partial charge in [0.15, 0.2) is 0 Å². The van der Waals surface area contributed by atoms with E-state index in [0.29, 0.717) is 11.5 Å². The van der Waals surface area contributed by atoms with Crippen LogP contribution >= 0.6 is 0 Å². The Morgan fingerprint density at radius 1 is 1.20 bits per heavy atom. The Bertz CT molecular complexity index is 310. The lowest BCUT2D eigenvalue weighted by Crippen LogP contribution is -2.29. The van der Waals surface area contributed by atoms with Crippen molar-refractivity contribution in [3.8, 4) is 0 Å². The van der Waals surface area contributed by atoms with E-state index in [2.05, 4.69) is 56.4 Å². The summed E-state index contributed by atoms with van der Waals surface area (Å²) >= 11 is 0. The molecule has 1 nitrogen and oxygen atoms in total. The molecule has 0 heterocycles. The number of benzene rings is 1. The molecule has 0 bridgehead atoms. The number of hydrogen-bond acceptors (Lipinski definition) is 1. The Morgan fingerprint density at radius 3 is 2.47 bits per heavy atom. The minimum Gasteiger partial charge on any atom is -0.313 e. The van der Waals surface area contributed by atoms with Crippen LogP contribution in [0.25, 0.3) is 0 Å². The van der Waals surface area contributed by atoms with E-state index in [1.54, 1.807) is 0 Å². The topological polar surface area (TPSA) is 12.0 Å². The second-order valence-corrected chi connectivity index (χ2v) is 5.80. The van der Waals surface area contributed by atoms with Crippen LogP contribution in [0, 0.1) is 5.41 Å². The molecule has 0 saturated heterocycles. The summed E-state index contributed by atoms with van der Waals surface area (Å²) in [7, 11) is 0. The number of nitrogens with one attached hydrogen (secondary N) is 1. The van der Waals surface area contributed by atoms with Crippen molar-refractivity contribution in [3.63, 3.8) is 0 Å². The van der Waals surface area contributed by atoms with E-state index in [9.17, 15) is 0 Å². The van der Waals surface area contributed by atoms with Crippen LogP contribution in [0.15, 0.2) is 30.3 Å². The molecule has 82 valence electrons. The predicted molar refractivity (Wildman–Crippen MR) is 65.0 cm³/mol. The molecule has 1 N–H and O–H groups in total. The first-order valence-corrected chi connectivity index (χ1v) is 5.84. The van der Waals surface area contributed by atoms with Crippen LogP contribution in [0.4, 0.5) is 0 Å². The Morgan fingerprint density at radius 2 is 1.87 bits per heavy atom. The summed E-state index contributed by atoms with van der Waals surface area (Å²) in [6, 6.07) is 11.5. The second-order valence-electron chi connectivity index (χ2n) is 5.80. The zero-order chi connectivity index (χ0) is 10.9. The normalized spacial score (nSPS) is 25.3. The lowest BCUT2D eigenvalue weighted by atomic mass is 9.97. The van der Waals surface area contributed by atoms with Crippen LogP contribution in [0.3, 0.4) is 0 Å². The third-order valence-corrected chi connectivity index (χ3v) is 2.91. The second kappa shape index (κ2) is 3.97. The summed E-state index contributed by atoms with van der Waals surface area (Å²) in [5, 5.41) is 3.65. The molecule has 1 aromatic carbocycles. The van der Waals surface area contributed by atoms with Crippen LogP contribution in [-0.4, -0.2) is 12.6 Å². The third-order valence-electron chi connectivity index (χ3n) is 2.91. The molecule has 1 fully saturated rings. The van der Waals surface area contributed by atoms with Crippen molar-refractivity contribution in [3.05, 3.63) is 35.9 Å². The molecule has 1 aliphatic carbocycles. The highest BCUT2D eigenvalue weighted by atomic mass is 15.0. The van der Waals surface area contributed by atoms with Gasteiger partial charge >= 0.3 is 0 Å². The highest BCUT2D eigenvalue weighted by molar-refractivity contribution is 5.27. The lowest BCUT2D eigenvalue weighted by molar-refractivity contribution is 0.377. The standard InChI is InChI=1S/C14H21N/c1-14(2,3)10-15-13-9-12(13)11-7-5-4-6-8-11/h4-8,12-13,15H,9-10H2,1-3H3/t12-,13?/m0/s1. The molecule has 1 unspecified atom stereocenters. The summed E-state index contributed by atoms with van der Waals surface area (Å²) in [5.41, 5.74) is 1.88. The van der Waals surface area contributed by atoms with Crippen molar-refractivity contribution >= 4 is 0 Å². The molecule has 0 spiro atoms. The van der Waals surface area contributed by atoms with Gasteiger partial charge < -0.3 is 5.32 Å². The maximum absolute atomic E-state index is 3.65. The first-order valence-electron chi connectivity index (χ1n) is 5.84. The summed E-state index contributed by atoms with van der Waals surface area (Å²) in [6.07, 6.45) is 1.31. The zero-order valence-electron chi connectivity index (χ0n) is 9.96. The molecular formula is C14H21N. The van der Waals surface area contributed by atoms with Crippen LogP contribution in [-0.2, 0) is 0 Å². The van der Waals surface area contributed by atoms with E-state index in [1.165, 1.54) is 12.0 Å². The van der Waals surface area contributed by atoms with Crippen molar-refractivity contribution in [1.82, 2.24) is 5.32 Å². The quantitative estimate of drug-likeness (QED) is 0.795. The predicted octanol–water partition coefficient (Wildman–Crippen LogP) is 3.18. The minimum absolute atomic E-state index is 0.393. The third kappa shape index (κ3) is 3.07. The molecule has 1 aromatic rings. The van der Waals surface area contributed by atoms with E-state index < -0.39 is 0 Å². The van der Waals surface area contributed by atoms with Crippen molar-refractivity contribution < 1.29 is 0 Å². The molecule has 1 aliphatic rings. The smallest absolute Gasteiger partial charge is 0.0143 e. The molecule has 0 aromatic heterocycles. The van der Waals surface area contributed by atoms with Crippen LogP contribution < -0.4 is 5.32 Å². The van der Waals surface area contributed by atoms with Gasteiger partial charge in [-0.3, -0.25) is 0 Å². The van der Waals surface area contributed by atoms with Crippen LogP contribution in [0.5, 0.6) is 0 Å². The fourth-order valence-corrected chi connectivity index (χ4v) is 1.93. The average molecular weight is 203 g/mol. The Balaban J connectivity index is 1.82. The lowest BCUT2D eigenvalue weighted by Gasteiger charge is -2.18. The van der Waals surface area contributed by atoms with Gasteiger partial charge in [0.1, 0.15) is 0 Å². The molecule has 2 atom stereocenters. The monoisotopic (exact) mass is 203 g/mol. The molecular weight excluding hydrogens is 182 g/mol. The number of rotatable bonds is 3. The molecule has 0 amide bonds. The molecule has 1 heteroatoms. The van der Waals surface area contributed by atoms with Crippen LogP contribution in [0.1, 0.15) is 38.7 Å². The molecule has 0 aliphatic heterocycles. The summed E-state index contributed by atoms with van der Waals surface area (Å²) < 4.78 is 0. The SMILES string of the molecule is CC(C)(C)CNC1C[C@H]1c1ccccc1. The molecule has 2 rings (SSSR count). The van der Waals surface area contributed by atoms with Gasteiger partial charge in [0.05, 0.1) is 0 Å². The van der Waals surface area contributed by atoms with Gasteiger partial charge in [0.2, 0.25) is 0 Å². The van der Waals surface area contributed by atoms with Gasteiger partial charge in [-0.2, -0.15) is 0 Å². The van der Waals surface area contributed by atoms with Crippen LogP contribution in [0.2, 0.25) is 0 Å². The Hall–Kier alpha value is -0.820. The summed E-state index contributed by atoms with van der Waals surface area (Å²) in [4.78, 5) is 0. The average Bonchev–Trinajstić information content (AvgIpc) is 2.94. The highest BCUT2D eigenvalue weighted by Crippen LogP contribution is 2.40. The van der Waals surface area contributed by atoms with Gasteiger partial charge in [0, 0.05) is 18.5 Å². The van der Waals surface area contributed by atoms with E-state index in [-0.39, 0.29) is 0 Å².